The molecule has 1 N–H and O–H groups in total. The number of hydrogen-bond donors (Lipinski definition) is 1. The van der Waals surface area contributed by atoms with E-state index >= 15 is 0 Å². The Morgan fingerprint density at radius 3 is 2.83 bits per heavy atom. The number of benzene rings is 1. The predicted molar refractivity (Wildman–Crippen MR) is 92.4 cm³/mol. The summed E-state index contributed by atoms with van der Waals surface area (Å²) < 4.78 is 10.8. The van der Waals surface area contributed by atoms with Crippen LogP contribution in [0.4, 0.5) is 0 Å². The third-order valence-electron chi connectivity index (χ3n) is 4.57. The Morgan fingerprint density at radius 2 is 2.04 bits per heavy atom. The van der Waals surface area contributed by atoms with Gasteiger partial charge in [-0.15, -0.1) is 0 Å². The SMILES string of the molecule is CC1=C(C(=O)N[C@@H]2CCCN(CCc3ccccc3)C2)OCCO1. The fourth-order valence-corrected chi connectivity index (χ4v) is 3.29. The van der Waals surface area contributed by atoms with Crippen molar-refractivity contribution in [3.05, 3.63) is 47.4 Å². The number of nitrogens with zero attached hydrogens (tertiary/aromatic N) is 1. The molecule has 3 rings (SSSR count). The summed E-state index contributed by atoms with van der Waals surface area (Å²) in [5, 5.41) is 3.10. The van der Waals surface area contributed by atoms with Crippen LogP contribution in [0.1, 0.15) is 25.3 Å². The van der Waals surface area contributed by atoms with E-state index in [1.54, 1.807) is 6.92 Å². The van der Waals surface area contributed by atoms with Crippen LogP contribution in [0, 0.1) is 0 Å². The number of amides is 1. The standard InChI is InChI=1S/C19H26N2O3/c1-15-18(24-13-12-23-15)19(22)20-17-8-5-10-21(14-17)11-9-16-6-3-2-4-7-16/h2-4,6-7,17H,5,8-14H2,1H3,(H,20,22)/t17-/m1/s1. The first-order chi connectivity index (χ1) is 11.7. The molecular weight excluding hydrogens is 304 g/mol. The number of piperidine rings is 1. The minimum atomic E-state index is -0.151. The van der Waals surface area contributed by atoms with Crippen molar-refractivity contribution < 1.29 is 14.3 Å². The molecule has 0 bridgehead atoms. The molecule has 1 aromatic rings. The van der Waals surface area contributed by atoms with E-state index in [0.29, 0.717) is 24.7 Å². The van der Waals surface area contributed by atoms with Gasteiger partial charge in [-0.2, -0.15) is 0 Å². The summed E-state index contributed by atoms with van der Waals surface area (Å²) in [6.07, 6.45) is 3.17. The van der Waals surface area contributed by atoms with Gasteiger partial charge in [0.2, 0.25) is 5.76 Å². The van der Waals surface area contributed by atoms with Gasteiger partial charge in [0.05, 0.1) is 0 Å². The van der Waals surface area contributed by atoms with Gasteiger partial charge in [-0.3, -0.25) is 4.79 Å². The minimum absolute atomic E-state index is 0.151. The first-order valence-corrected chi connectivity index (χ1v) is 8.76. The summed E-state index contributed by atoms with van der Waals surface area (Å²) in [6.45, 7) is 5.75. The lowest BCUT2D eigenvalue weighted by molar-refractivity contribution is -0.123. The first kappa shape index (κ1) is 16.8. The quantitative estimate of drug-likeness (QED) is 0.898. The fraction of sp³-hybridized carbons (Fsp3) is 0.526. The normalized spacial score (nSPS) is 21.8. The minimum Gasteiger partial charge on any atom is -0.491 e. The number of hydrogen-bond acceptors (Lipinski definition) is 4. The average Bonchev–Trinajstić information content (AvgIpc) is 2.61. The lowest BCUT2D eigenvalue weighted by Gasteiger charge is -2.33. The number of carbonyl (C=O) groups is 1. The summed E-state index contributed by atoms with van der Waals surface area (Å²) in [5.74, 6) is 0.764. The maximum absolute atomic E-state index is 12.4. The monoisotopic (exact) mass is 330 g/mol. The molecule has 0 saturated carbocycles. The number of nitrogens with one attached hydrogen (secondary N) is 1. The third kappa shape index (κ3) is 4.51. The van der Waals surface area contributed by atoms with Gasteiger partial charge < -0.3 is 19.7 Å². The fourth-order valence-electron chi connectivity index (χ4n) is 3.29. The van der Waals surface area contributed by atoms with Crippen LogP contribution in [0.15, 0.2) is 41.9 Å². The van der Waals surface area contributed by atoms with Crippen molar-refractivity contribution >= 4 is 5.91 Å². The lowest BCUT2D eigenvalue weighted by Crippen LogP contribution is -2.49. The van der Waals surface area contributed by atoms with Crippen molar-refractivity contribution in [1.82, 2.24) is 10.2 Å². The molecule has 2 aliphatic rings. The van der Waals surface area contributed by atoms with Crippen molar-refractivity contribution in [3.63, 3.8) is 0 Å². The predicted octanol–water partition coefficient (Wildman–Crippen LogP) is 2.09. The maximum Gasteiger partial charge on any atom is 0.290 e. The van der Waals surface area contributed by atoms with Crippen molar-refractivity contribution in [2.45, 2.75) is 32.2 Å². The molecule has 1 atom stereocenters. The highest BCUT2D eigenvalue weighted by Crippen LogP contribution is 2.15. The molecule has 2 heterocycles. The van der Waals surface area contributed by atoms with Crippen LogP contribution in [-0.4, -0.2) is 49.7 Å². The highest BCUT2D eigenvalue weighted by atomic mass is 16.6. The van der Waals surface area contributed by atoms with Crippen LogP contribution in [0.5, 0.6) is 0 Å². The average molecular weight is 330 g/mol. The van der Waals surface area contributed by atoms with Gasteiger partial charge in [0.25, 0.3) is 5.91 Å². The molecule has 5 heteroatoms. The molecule has 1 fully saturated rings. The highest BCUT2D eigenvalue weighted by Gasteiger charge is 2.25. The van der Waals surface area contributed by atoms with Gasteiger partial charge in [0, 0.05) is 19.1 Å². The number of rotatable bonds is 5. The molecule has 1 amide bonds. The Bertz CT molecular complexity index is 586. The summed E-state index contributed by atoms with van der Waals surface area (Å²) in [6, 6.07) is 10.7. The zero-order valence-electron chi connectivity index (χ0n) is 14.3. The largest absolute Gasteiger partial charge is 0.491 e. The van der Waals surface area contributed by atoms with Crippen LogP contribution in [-0.2, 0) is 20.7 Å². The zero-order chi connectivity index (χ0) is 16.8. The van der Waals surface area contributed by atoms with Crippen molar-refractivity contribution in [2.75, 3.05) is 32.8 Å². The summed E-state index contributed by atoms with van der Waals surface area (Å²) in [7, 11) is 0. The molecule has 0 spiro atoms. The van der Waals surface area contributed by atoms with Gasteiger partial charge in [-0.05, 0) is 38.3 Å². The second kappa shape index (κ2) is 8.20. The molecule has 2 aliphatic heterocycles. The van der Waals surface area contributed by atoms with Crippen LogP contribution in [0.3, 0.4) is 0 Å². The van der Waals surface area contributed by atoms with E-state index < -0.39 is 0 Å². The Hall–Kier alpha value is -2.01. The summed E-state index contributed by atoms with van der Waals surface area (Å²) >= 11 is 0. The van der Waals surface area contributed by atoms with E-state index in [1.165, 1.54) is 5.56 Å². The van der Waals surface area contributed by atoms with E-state index in [-0.39, 0.29) is 11.9 Å². The van der Waals surface area contributed by atoms with E-state index in [2.05, 4.69) is 34.5 Å². The van der Waals surface area contributed by atoms with Crippen LogP contribution < -0.4 is 5.32 Å². The van der Waals surface area contributed by atoms with E-state index in [4.69, 9.17) is 9.47 Å². The Balaban J connectivity index is 1.49. The van der Waals surface area contributed by atoms with Gasteiger partial charge in [-0.1, -0.05) is 30.3 Å². The molecule has 1 aromatic carbocycles. The van der Waals surface area contributed by atoms with E-state index in [9.17, 15) is 4.79 Å². The molecule has 1 saturated heterocycles. The zero-order valence-corrected chi connectivity index (χ0v) is 14.3. The van der Waals surface area contributed by atoms with Crippen LogP contribution in [0.2, 0.25) is 0 Å². The van der Waals surface area contributed by atoms with Crippen LogP contribution in [0.25, 0.3) is 0 Å². The molecule has 5 nitrogen and oxygen atoms in total. The maximum atomic E-state index is 12.4. The molecule has 0 aromatic heterocycles. The molecule has 24 heavy (non-hydrogen) atoms. The van der Waals surface area contributed by atoms with Crippen LogP contribution >= 0.6 is 0 Å². The summed E-state index contributed by atoms with van der Waals surface area (Å²) in [4.78, 5) is 14.8. The van der Waals surface area contributed by atoms with Crippen molar-refractivity contribution in [2.24, 2.45) is 0 Å². The number of ether oxygens (including phenoxy) is 2. The van der Waals surface area contributed by atoms with Gasteiger partial charge in [0.15, 0.2) is 0 Å². The molecule has 130 valence electrons. The molecule has 0 unspecified atom stereocenters. The molecule has 0 radical (unpaired) electrons. The third-order valence-corrected chi connectivity index (χ3v) is 4.57. The second-order valence-corrected chi connectivity index (χ2v) is 6.43. The molecular formula is C19H26N2O3. The highest BCUT2D eigenvalue weighted by molar-refractivity contribution is 5.92. The number of likely N-dealkylation sites (tertiary alicyclic amines) is 1. The smallest absolute Gasteiger partial charge is 0.290 e. The Labute approximate surface area is 143 Å². The van der Waals surface area contributed by atoms with E-state index in [0.717, 1.165) is 38.9 Å². The Kier molecular flexibility index (Phi) is 5.75. The summed E-state index contributed by atoms with van der Waals surface area (Å²) in [5.41, 5.74) is 1.36. The van der Waals surface area contributed by atoms with E-state index in [1.807, 2.05) is 6.07 Å². The number of allylic oxidation sites excluding steroid dienone is 1. The van der Waals surface area contributed by atoms with Crippen molar-refractivity contribution in [1.29, 1.82) is 0 Å². The Morgan fingerprint density at radius 1 is 1.25 bits per heavy atom. The second-order valence-electron chi connectivity index (χ2n) is 6.43. The van der Waals surface area contributed by atoms with Gasteiger partial charge in [-0.25, -0.2) is 0 Å². The topological polar surface area (TPSA) is 50.8 Å². The van der Waals surface area contributed by atoms with Gasteiger partial charge in [0.1, 0.15) is 19.0 Å². The van der Waals surface area contributed by atoms with Crippen molar-refractivity contribution in [3.8, 4) is 0 Å². The number of carbonyl (C=O) groups excluding carboxylic acids is 1. The lowest BCUT2D eigenvalue weighted by atomic mass is 10.0. The first-order valence-electron chi connectivity index (χ1n) is 8.76. The molecule has 0 aliphatic carbocycles. The van der Waals surface area contributed by atoms with Gasteiger partial charge >= 0.3 is 0 Å².